The van der Waals surface area contributed by atoms with Crippen LogP contribution in [0.4, 0.5) is 5.69 Å². The monoisotopic (exact) mass is 354 g/mol. The van der Waals surface area contributed by atoms with E-state index in [1.54, 1.807) is 24.5 Å². The van der Waals surface area contributed by atoms with Crippen LogP contribution in [0.15, 0.2) is 58.4 Å². The van der Waals surface area contributed by atoms with Gasteiger partial charge in [-0.25, -0.2) is 0 Å². The Kier molecular flexibility index (Phi) is 5.45. The first-order valence-electron chi connectivity index (χ1n) is 7.96. The fraction of sp³-hybridized carbons (Fsp3) is 0.222. The van der Waals surface area contributed by atoms with Gasteiger partial charge in [-0.15, -0.1) is 10.2 Å². The lowest BCUT2D eigenvalue weighted by molar-refractivity contribution is -0.115. The Hall–Kier alpha value is -2.67. The first kappa shape index (κ1) is 17.2. The van der Waals surface area contributed by atoms with Crippen molar-refractivity contribution in [3.05, 3.63) is 54.4 Å². The number of amides is 1. The van der Waals surface area contributed by atoms with Crippen molar-refractivity contribution in [2.24, 2.45) is 0 Å². The Morgan fingerprint density at radius 2 is 1.96 bits per heavy atom. The van der Waals surface area contributed by atoms with E-state index in [2.05, 4.69) is 27.4 Å². The molecule has 1 atom stereocenters. The van der Waals surface area contributed by atoms with Crippen LogP contribution in [0.2, 0.25) is 0 Å². The fourth-order valence-corrected chi connectivity index (χ4v) is 2.94. The number of para-hydroxylation sites is 1. The molecule has 0 aliphatic heterocycles. The fourth-order valence-electron chi connectivity index (χ4n) is 2.26. The van der Waals surface area contributed by atoms with Crippen LogP contribution in [0.25, 0.3) is 11.5 Å². The number of aryl methyl sites for hydroxylation is 1. The van der Waals surface area contributed by atoms with E-state index in [0.717, 1.165) is 23.2 Å². The molecule has 0 radical (unpaired) electrons. The van der Waals surface area contributed by atoms with E-state index in [0.29, 0.717) is 11.1 Å². The third-order valence-electron chi connectivity index (χ3n) is 3.64. The van der Waals surface area contributed by atoms with Crippen molar-refractivity contribution in [1.29, 1.82) is 0 Å². The van der Waals surface area contributed by atoms with Crippen LogP contribution in [-0.4, -0.2) is 26.3 Å². The predicted octanol–water partition coefficient (Wildman–Crippen LogP) is 3.81. The molecule has 0 spiro atoms. The number of rotatable bonds is 6. The number of hydrogen-bond acceptors (Lipinski definition) is 6. The van der Waals surface area contributed by atoms with Gasteiger partial charge in [-0.3, -0.25) is 9.78 Å². The van der Waals surface area contributed by atoms with E-state index in [-0.39, 0.29) is 11.2 Å². The van der Waals surface area contributed by atoms with E-state index in [4.69, 9.17) is 4.42 Å². The Balaban J connectivity index is 1.65. The molecule has 7 heteroatoms. The topological polar surface area (TPSA) is 80.9 Å². The molecule has 3 aromatic rings. The van der Waals surface area contributed by atoms with Gasteiger partial charge in [-0.1, -0.05) is 36.9 Å². The van der Waals surface area contributed by atoms with Crippen LogP contribution in [-0.2, 0) is 11.2 Å². The van der Waals surface area contributed by atoms with Crippen LogP contribution in [0.5, 0.6) is 0 Å². The maximum Gasteiger partial charge on any atom is 0.277 e. The number of anilines is 1. The van der Waals surface area contributed by atoms with Crippen molar-refractivity contribution < 1.29 is 9.21 Å². The number of nitrogens with zero attached hydrogens (tertiary/aromatic N) is 3. The number of nitrogens with one attached hydrogen (secondary N) is 1. The van der Waals surface area contributed by atoms with Crippen LogP contribution in [0, 0.1) is 0 Å². The molecule has 0 saturated heterocycles. The van der Waals surface area contributed by atoms with Crippen LogP contribution < -0.4 is 5.32 Å². The predicted molar refractivity (Wildman–Crippen MR) is 97.3 cm³/mol. The van der Waals surface area contributed by atoms with Gasteiger partial charge in [0.05, 0.1) is 5.25 Å². The molecule has 2 aromatic heterocycles. The van der Waals surface area contributed by atoms with Gasteiger partial charge in [0, 0.05) is 23.6 Å². The Labute approximate surface area is 150 Å². The molecule has 0 bridgehead atoms. The molecular weight excluding hydrogens is 336 g/mol. The standard InChI is InChI=1S/C18H18N4O2S/c1-3-13-6-4-5-7-15(13)20-16(23)12(2)25-18-22-21-17(24-18)14-8-10-19-11-9-14/h4-12H,3H2,1-2H3,(H,20,23)/t12-/m0/s1. The second-order valence-electron chi connectivity index (χ2n) is 5.37. The van der Waals surface area contributed by atoms with Gasteiger partial charge in [-0.2, -0.15) is 0 Å². The van der Waals surface area contributed by atoms with Crippen LogP contribution in [0.1, 0.15) is 19.4 Å². The summed E-state index contributed by atoms with van der Waals surface area (Å²) in [6.07, 6.45) is 4.18. The molecule has 0 aliphatic rings. The summed E-state index contributed by atoms with van der Waals surface area (Å²) in [5.41, 5.74) is 2.74. The summed E-state index contributed by atoms with van der Waals surface area (Å²) in [5, 5.41) is 11.0. The summed E-state index contributed by atoms with van der Waals surface area (Å²) in [6.45, 7) is 3.87. The van der Waals surface area contributed by atoms with E-state index in [1.165, 1.54) is 11.8 Å². The minimum atomic E-state index is -0.365. The normalized spacial score (nSPS) is 11.9. The highest BCUT2D eigenvalue weighted by Gasteiger charge is 2.19. The lowest BCUT2D eigenvalue weighted by Crippen LogP contribution is -2.23. The van der Waals surface area contributed by atoms with Crippen LogP contribution in [0.3, 0.4) is 0 Å². The molecule has 25 heavy (non-hydrogen) atoms. The van der Waals surface area contributed by atoms with E-state index in [9.17, 15) is 4.79 Å². The lowest BCUT2D eigenvalue weighted by Gasteiger charge is -2.12. The minimum absolute atomic E-state index is 0.102. The maximum absolute atomic E-state index is 12.4. The van der Waals surface area contributed by atoms with Gasteiger partial charge < -0.3 is 9.73 Å². The van der Waals surface area contributed by atoms with Crippen molar-refractivity contribution in [3.8, 4) is 11.5 Å². The summed E-state index contributed by atoms with van der Waals surface area (Å²) >= 11 is 1.23. The maximum atomic E-state index is 12.4. The molecule has 0 aliphatic carbocycles. The zero-order valence-electron chi connectivity index (χ0n) is 14.0. The highest BCUT2D eigenvalue weighted by atomic mass is 32.2. The molecular formula is C18H18N4O2S. The SMILES string of the molecule is CCc1ccccc1NC(=O)[C@H](C)Sc1nnc(-c2ccncc2)o1. The second kappa shape index (κ2) is 7.94. The molecule has 128 valence electrons. The Morgan fingerprint density at radius 1 is 1.20 bits per heavy atom. The molecule has 1 aromatic carbocycles. The molecule has 2 heterocycles. The van der Waals surface area contributed by atoms with Gasteiger partial charge in [0.15, 0.2) is 0 Å². The van der Waals surface area contributed by atoms with E-state index >= 15 is 0 Å². The Morgan fingerprint density at radius 3 is 2.72 bits per heavy atom. The largest absolute Gasteiger partial charge is 0.411 e. The second-order valence-corrected chi connectivity index (χ2v) is 6.66. The highest BCUT2D eigenvalue weighted by molar-refractivity contribution is 8.00. The Bertz CT molecular complexity index is 851. The van der Waals surface area contributed by atoms with Gasteiger partial charge in [-0.05, 0) is 37.1 Å². The average Bonchev–Trinajstić information content (AvgIpc) is 3.11. The molecule has 0 saturated carbocycles. The number of benzene rings is 1. The molecule has 1 N–H and O–H groups in total. The number of carbonyl (C=O) groups is 1. The highest BCUT2D eigenvalue weighted by Crippen LogP contribution is 2.27. The first-order valence-corrected chi connectivity index (χ1v) is 8.84. The molecule has 6 nitrogen and oxygen atoms in total. The zero-order valence-corrected chi connectivity index (χ0v) is 14.8. The van der Waals surface area contributed by atoms with Gasteiger partial charge >= 0.3 is 0 Å². The molecule has 0 unspecified atom stereocenters. The van der Waals surface area contributed by atoms with Gasteiger partial charge in [0.25, 0.3) is 5.22 Å². The summed E-state index contributed by atoms with van der Waals surface area (Å²) in [7, 11) is 0. The summed E-state index contributed by atoms with van der Waals surface area (Å²) in [6, 6.07) is 11.4. The lowest BCUT2D eigenvalue weighted by atomic mass is 10.1. The van der Waals surface area contributed by atoms with Crippen LogP contribution >= 0.6 is 11.8 Å². The van der Waals surface area contributed by atoms with Crippen molar-refractivity contribution >= 4 is 23.4 Å². The summed E-state index contributed by atoms with van der Waals surface area (Å²) in [4.78, 5) is 16.4. The molecule has 3 rings (SSSR count). The number of hydrogen-bond donors (Lipinski definition) is 1. The molecule has 1 amide bonds. The van der Waals surface area contributed by atoms with Crippen molar-refractivity contribution in [2.45, 2.75) is 30.7 Å². The zero-order chi connectivity index (χ0) is 17.6. The first-order chi connectivity index (χ1) is 12.2. The average molecular weight is 354 g/mol. The number of carbonyl (C=O) groups excluding carboxylic acids is 1. The number of thioether (sulfide) groups is 1. The third-order valence-corrected chi connectivity index (χ3v) is 4.57. The summed E-state index contributed by atoms with van der Waals surface area (Å²) < 4.78 is 5.62. The van der Waals surface area contributed by atoms with E-state index in [1.807, 2.05) is 31.2 Å². The number of aromatic nitrogens is 3. The summed E-state index contributed by atoms with van der Waals surface area (Å²) in [5.74, 6) is 0.309. The van der Waals surface area contributed by atoms with E-state index < -0.39 is 0 Å². The van der Waals surface area contributed by atoms with Gasteiger partial charge in [0.1, 0.15) is 0 Å². The number of pyridine rings is 1. The van der Waals surface area contributed by atoms with Crippen molar-refractivity contribution in [1.82, 2.24) is 15.2 Å². The minimum Gasteiger partial charge on any atom is -0.411 e. The molecule has 0 fully saturated rings. The smallest absolute Gasteiger partial charge is 0.277 e. The third kappa shape index (κ3) is 4.24. The quantitative estimate of drug-likeness (QED) is 0.678. The van der Waals surface area contributed by atoms with Gasteiger partial charge in [0.2, 0.25) is 11.8 Å². The van der Waals surface area contributed by atoms with Crippen molar-refractivity contribution in [2.75, 3.05) is 5.32 Å². The van der Waals surface area contributed by atoms with Crippen molar-refractivity contribution in [3.63, 3.8) is 0 Å².